The molecule has 0 fully saturated rings. The molecule has 0 unspecified atom stereocenters. The first kappa shape index (κ1) is 19.0. The van der Waals surface area contributed by atoms with Crippen molar-refractivity contribution in [3.05, 3.63) is 64.5 Å². The van der Waals surface area contributed by atoms with Crippen LogP contribution in [0.25, 0.3) is 11.1 Å². The summed E-state index contributed by atoms with van der Waals surface area (Å²) in [4.78, 5) is 33.0. The predicted octanol–water partition coefficient (Wildman–Crippen LogP) is 4.68. The molecule has 3 aromatic rings. The normalized spacial score (nSPS) is 10.4. The van der Waals surface area contributed by atoms with Gasteiger partial charge in [0.05, 0.1) is 12.8 Å². The molecule has 6 nitrogen and oxygen atoms in total. The molecule has 0 saturated carbocycles. The van der Waals surface area contributed by atoms with Crippen LogP contribution < -0.4 is 5.32 Å². The van der Waals surface area contributed by atoms with Crippen LogP contribution in [0.15, 0.2) is 48.2 Å². The Morgan fingerprint density at radius 3 is 2.74 bits per heavy atom. The molecular formula is C19H16ClN3O3S. The highest BCUT2D eigenvalue weighted by molar-refractivity contribution is 7.15. The van der Waals surface area contributed by atoms with Crippen molar-refractivity contribution < 1.29 is 14.3 Å². The van der Waals surface area contributed by atoms with Crippen LogP contribution in [-0.4, -0.2) is 28.5 Å². The van der Waals surface area contributed by atoms with E-state index in [0.717, 1.165) is 0 Å². The zero-order chi connectivity index (χ0) is 19.2. The van der Waals surface area contributed by atoms with Gasteiger partial charge in [0.2, 0.25) is 0 Å². The van der Waals surface area contributed by atoms with E-state index in [1.165, 1.54) is 29.9 Å². The van der Waals surface area contributed by atoms with Crippen molar-refractivity contribution in [2.75, 3.05) is 11.9 Å². The maximum atomic E-state index is 12.7. The van der Waals surface area contributed by atoms with Gasteiger partial charge in [0.1, 0.15) is 16.3 Å². The molecule has 2 heterocycles. The quantitative estimate of drug-likeness (QED) is 0.606. The highest BCUT2D eigenvalue weighted by Gasteiger charge is 2.24. The highest BCUT2D eigenvalue weighted by Crippen LogP contribution is 2.39. The molecule has 0 radical (unpaired) electrons. The third-order valence-corrected chi connectivity index (χ3v) is 4.84. The number of amides is 1. The Morgan fingerprint density at radius 2 is 2.04 bits per heavy atom. The minimum atomic E-state index is -0.512. The number of benzene rings is 1. The Hall–Kier alpha value is -2.77. The molecule has 3 rings (SSSR count). The SMILES string of the molecule is CCCOC(=O)c1c(-c2ccccc2Cl)csc1NC(=O)c1cnccn1. The number of anilines is 1. The number of ether oxygens (including phenoxy) is 1. The lowest BCUT2D eigenvalue weighted by Crippen LogP contribution is -2.16. The highest BCUT2D eigenvalue weighted by atomic mass is 35.5. The van der Waals surface area contributed by atoms with Crippen molar-refractivity contribution >= 4 is 39.8 Å². The summed E-state index contributed by atoms with van der Waals surface area (Å²) in [5.41, 5.74) is 1.73. The van der Waals surface area contributed by atoms with E-state index in [4.69, 9.17) is 16.3 Å². The minimum Gasteiger partial charge on any atom is -0.462 e. The zero-order valence-electron chi connectivity index (χ0n) is 14.4. The number of esters is 1. The number of halogens is 1. The number of hydrogen-bond acceptors (Lipinski definition) is 6. The van der Waals surface area contributed by atoms with Gasteiger partial charge in [-0.2, -0.15) is 0 Å². The van der Waals surface area contributed by atoms with Crippen LogP contribution >= 0.6 is 22.9 Å². The number of carbonyl (C=O) groups is 2. The molecule has 0 aliphatic carbocycles. The fraction of sp³-hybridized carbons (Fsp3) is 0.158. The smallest absolute Gasteiger partial charge is 0.341 e. The van der Waals surface area contributed by atoms with Crippen molar-refractivity contribution in [1.29, 1.82) is 0 Å². The average molecular weight is 402 g/mol. The average Bonchev–Trinajstić information content (AvgIpc) is 3.10. The Morgan fingerprint density at radius 1 is 1.22 bits per heavy atom. The van der Waals surface area contributed by atoms with Gasteiger partial charge < -0.3 is 10.1 Å². The molecule has 0 spiro atoms. The molecule has 0 aliphatic heterocycles. The Bertz CT molecular complexity index is 960. The second-order valence-electron chi connectivity index (χ2n) is 5.51. The molecule has 27 heavy (non-hydrogen) atoms. The first-order valence-electron chi connectivity index (χ1n) is 8.22. The third-order valence-electron chi connectivity index (χ3n) is 3.62. The first-order valence-corrected chi connectivity index (χ1v) is 9.48. The van der Waals surface area contributed by atoms with E-state index < -0.39 is 11.9 Å². The number of nitrogens with one attached hydrogen (secondary N) is 1. The molecule has 0 saturated heterocycles. The van der Waals surface area contributed by atoms with E-state index in [0.29, 0.717) is 27.6 Å². The molecule has 0 atom stereocenters. The largest absolute Gasteiger partial charge is 0.462 e. The molecule has 8 heteroatoms. The van der Waals surface area contributed by atoms with Crippen molar-refractivity contribution in [3.8, 4) is 11.1 Å². The maximum Gasteiger partial charge on any atom is 0.341 e. The lowest BCUT2D eigenvalue weighted by molar-refractivity contribution is 0.0508. The molecule has 1 N–H and O–H groups in total. The number of nitrogens with zero attached hydrogens (tertiary/aromatic N) is 2. The number of rotatable bonds is 6. The standard InChI is InChI=1S/C19H16ClN3O3S/c1-2-9-26-19(25)16-13(12-5-3-4-6-14(12)20)11-27-18(16)23-17(24)15-10-21-7-8-22-15/h3-8,10-11H,2,9H2,1H3,(H,23,24). The number of hydrogen-bond donors (Lipinski definition) is 1. The number of thiophene rings is 1. The van der Waals surface area contributed by atoms with Gasteiger partial charge in [-0.15, -0.1) is 11.3 Å². The fourth-order valence-electron chi connectivity index (χ4n) is 2.38. The van der Waals surface area contributed by atoms with E-state index in [2.05, 4.69) is 15.3 Å². The number of aromatic nitrogens is 2. The summed E-state index contributed by atoms with van der Waals surface area (Å²) >= 11 is 7.52. The predicted molar refractivity (Wildman–Crippen MR) is 105 cm³/mol. The summed E-state index contributed by atoms with van der Waals surface area (Å²) in [7, 11) is 0. The zero-order valence-corrected chi connectivity index (χ0v) is 16.0. The van der Waals surface area contributed by atoms with Crippen molar-refractivity contribution in [2.45, 2.75) is 13.3 Å². The van der Waals surface area contributed by atoms with Gasteiger partial charge >= 0.3 is 5.97 Å². The van der Waals surface area contributed by atoms with Crippen LogP contribution in [0.2, 0.25) is 5.02 Å². The molecule has 0 aliphatic rings. The van der Waals surface area contributed by atoms with E-state index in [-0.39, 0.29) is 17.9 Å². The fourth-order valence-corrected chi connectivity index (χ4v) is 3.56. The first-order chi connectivity index (χ1) is 13.1. The van der Waals surface area contributed by atoms with Crippen LogP contribution in [0.4, 0.5) is 5.00 Å². The summed E-state index contributed by atoms with van der Waals surface area (Å²) in [6.45, 7) is 2.20. The van der Waals surface area contributed by atoms with Crippen LogP contribution in [-0.2, 0) is 4.74 Å². The van der Waals surface area contributed by atoms with E-state index >= 15 is 0 Å². The molecule has 0 bridgehead atoms. The monoisotopic (exact) mass is 401 g/mol. The number of carbonyl (C=O) groups excluding carboxylic acids is 2. The lowest BCUT2D eigenvalue weighted by atomic mass is 10.0. The molecule has 1 aromatic carbocycles. The summed E-state index contributed by atoms with van der Waals surface area (Å²) in [5.74, 6) is -0.970. The van der Waals surface area contributed by atoms with E-state index in [9.17, 15) is 9.59 Å². The van der Waals surface area contributed by atoms with Gasteiger partial charge in [0, 0.05) is 33.9 Å². The third kappa shape index (κ3) is 4.32. The van der Waals surface area contributed by atoms with Crippen LogP contribution in [0.1, 0.15) is 34.2 Å². The molecule has 2 aromatic heterocycles. The Balaban J connectivity index is 2.00. The second-order valence-corrected chi connectivity index (χ2v) is 6.80. The van der Waals surface area contributed by atoms with Gasteiger partial charge in [0.25, 0.3) is 5.91 Å². The van der Waals surface area contributed by atoms with Gasteiger partial charge in [0.15, 0.2) is 0 Å². The van der Waals surface area contributed by atoms with Crippen molar-refractivity contribution in [2.24, 2.45) is 0 Å². The summed E-state index contributed by atoms with van der Waals surface area (Å²) in [6, 6.07) is 7.20. The van der Waals surface area contributed by atoms with Gasteiger partial charge in [-0.3, -0.25) is 9.78 Å². The summed E-state index contributed by atoms with van der Waals surface area (Å²) in [5, 5.41) is 5.38. The van der Waals surface area contributed by atoms with Crippen LogP contribution in [0, 0.1) is 0 Å². The molecular weight excluding hydrogens is 386 g/mol. The maximum absolute atomic E-state index is 12.7. The lowest BCUT2D eigenvalue weighted by Gasteiger charge is -2.10. The minimum absolute atomic E-state index is 0.151. The van der Waals surface area contributed by atoms with E-state index in [1.807, 2.05) is 25.1 Å². The topological polar surface area (TPSA) is 81.2 Å². The van der Waals surface area contributed by atoms with Crippen LogP contribution in [0.5, 0.6) is 0 Å². The second kappa shape index (κ2) is 8.75. The van der Waals surface area contributed by atoms with Gasteiger partial charge in [-0.05, 0) is 12.5 Å². The van der Waals surface area contributed by atoms with Gasteiger partial charge in [-0.25, -0.2) is 9.78 Å². The molecule has 138 valence electrons. The summed E-state index contributed by atoms with van der Waals surface area (Å²) in [6.07, 6.45) is 4.95. The van der Waals surface area contributed by atoms with Crippen LogP contribution in [0.3, 0.4) is 0 Å². The molecule has 1 amide bonds. The summed E-state index contributed by atoms with van der Waals surface area (Å²) < 4.78 is 5.31. The van der Waals surface area contributed by atoms with Crippen molar-refractivity contribution in [3.63, 3.8) is 0 Å². The van der Waals surface area contributed by atoms with E-state index in [1.54, 1.807) is 11.4 Å². The Labute approximate surface area is 165 Å². The van der Waals surface area contributed by atoms with Crippen molar-refractivity contribution in [1.82, 2.24) is 9.97 Å². The van der Waals surface area contributed by atoms with Gasteiger partial charge in [-0.1, -0.05) is 36.7 Å². The Kier molecular flexibility index (Phi) is 6.16.